The van der Waals surface area contributed by atoms with E-state index in [2.05, 4.69) is 57.8 Å². The normalized spacial score (nSPS) is 11.4. The average Bonchev–Trinajstić information content (AvgIpc) is 2.23. The molecule has 0 unspecified atom stereocenters. The third kappa shape index (κ3) is 3.53. The summed E-state index contributed by atoms with van der Waals surface area (Å²) in [5, 5.41) is 0. The van der Waals surface area contributed by atoms with E-state index in [-0.39, 0.29) is 0 Å². The zero-order chi connectivity index (χ0) is 12.1. The lowest BCUT2D eigenvalue weighted by molar-refractivity contribution is 1.15. The summed E-state index contributed by atoms with van der Waals surface area (Å²) in [5.41, 5.74) is 3.62. The molecule has 1 aromatic heterocycles. The van der Waals surface area contributed by atoms with Crippen LogP contribution in [0.2, 0.25) is 0 Å². The van der Waals surface area contributed by atoms with Crippen LogP contribution < -0.4 is 0 Å². The van der Waals surface area contributed by atoms with Gasteiger partial charge in [-0.25, -0.2) is 0 Å². The van der Waals surface area contributed by atoms with Crippen molar-refractivity contribution in [2.75, 3.05) is 0 Å². The molecule has 0 aliphatic carbocycles. The molecule has 0 saturated heterocycles. The summed E-state index contributed by atoms with van der Waals surface area (Å²) in [6.45, 7) is 10.5. The van der Waals surface area contributed by atoms with Crippen LogP contribution in [0.4, 0.5) is 0 Å². The van der Waals surface area contributed by atoms with Gasteiger partial charge >= 0.3 is 0 Å². The average molecular weight is 233 g/mol. The Kier molecular flexibility index (Phi) is 4.81. The molecule has 2 heteroatoms. The van der Waals surface area contributed by atoms with Crippen molar-refractivity contribution in [3.8, 4) is 0 Å². The fourth-order valence-electron chi connectivity index (χ4n) is 1.30. The minimum Gasteiger partial charge on any atom is -0.257 e. The molecule has 0 amide bonds. The van der Waals surface area contributed by atoms with Crippen molar-refractivity contribution in [1.29, 1.82) is 0 Å². The van der Waals surface area contributed by atoms with Crippen molar-refractivity contribution in [2.45, 2.75) is 39.5 Å². The second-order valence-corrected chi connectivity index (χ2v) is 5.33. The quantitative estimate of drug-likeness (QED) is 0.694. The predicted octanol–water partition coefficient (Wildman–Crippen LogP) is 4.83. The van der Waals surface area contributed by atoms with Crippen molar-refractivity contribution in [2.24, 2.45) is 0 Å². The lowest BCUT2D eigenvalue weighted by Gasteiger charge is -2.08. The van der Waals surface area contributed by atoms with Crippen LogP contribution in [-0.4, -0.2) is 4.98 Å². The highest BCUT2D eigenvalue weighted by molar-refractivity contribution is 8.03. The first-order valence-corrected chi connectivity index (χ1v) is 6.27. The summed E-state index contributed by atoms with van der Waals surface area (Å²) in [7, 11) is 0. The monoisotopic (exact) mass is 233 g/mol. The third-order valence-electron chi connectivity index (χ3n) is 2.30. The van der Waals surface area contributed by atoms with Crippen molar-refractivity contribution >= 4 is 17.8 Å². The molecule has 0 bridgehead atoms. The summed E-state index contributed by atoms with van der Waals surface area (Å²) in [4.78, 5) is 7.01. The molecule has 0 N–H and O–H groups in total. The number of thioether (sulfide) groups is 1. The smallest absolute Gasteiger partial charge is 0.0669 e. The number of hydrogen-bond donors (Lipinski definition) is 0. The lowest BCUT2D eigenvalue weighted by atomic mass is 10.1. The van der Waals surface area contributed by atoms with Crippen LogP contribution in [0.25, 0.3) is 6.08 Å². The molecule has 0 aliphatic rings. The van der Waals surface area contributed by atoms with Crippen molar-refractivity contribution in [3.63, 3.8) is 0 Å². The molecule has 0 spiro atoms. The summed E-state index contributed by atoms with van der Waals surface area (Å²) in [6.07, 6.45) is 6.14. The number of nitrogens with zero attached hydrogens (tertiary/aromatic N) is 1. The van der Waals surface area contributed by atoms with E-state index in [1.54, 1.807) is 11.8 Å². The molecule has 0 aromatic carbocycles. The maximum Gasteiger partial charge on any atom is 0.0669 e. The van der Waals surface area contributed by atoms with E-state index >= 15 is 0 Å². The Morgan fingerprint density at radius 2 is 2.00 bits per heavy atom. The molecule has 16 heavy (non-hydrogen) atoms. The predicted molar refractivity (Wildman–Crippen MR) is 73.6 cm³/mol. The van der Waals surface area contributed by atoms with Gasteiger partial charge in [-0.3, -0.25) is 4.98 Å². The summed E-state index contributed by atoms with van der Waals surface area (Å²) in [6, 6.07) is 2.08. The lowest BCUT2D eigenvalue weighted by Crippen LogP contribution is -1.89. The molecule has 0 aliphatic heterocycles. The van der Waals surface area contributed by atoms with Crippen molar-refractivity contribution in [1.82, 2.24) is 4.98 Å². The third-order valence-corrected chi connectivity index (χ3v) is 3.52. The van der Waals surface area contributed by atoms with E-state index in [0.29, 0.717) is 0 Å². The molecule has 0 radical (unpaired) electrons. The molecule has 1 nitrogen and oxygen atoms in total. The van der Waals surface area contributed by atoms with Gasteiger partial charge in [-0.15, -0.1) is 0 Å². The number of aromatic nitrogens is 1. The van der Waals surface area contributed by atoms with Crippen LogP contribution in [0.1, 0.15) is 39.0 Å². The van der Waals surface area contributed by atoms with Crippen LogP contribution in [0, 0.1) is 6.92 Å². The zero-order valence-corrected chi connectivity index (χ0v) is 11.5. The largest absolute Gasteiger partial charge is 0.257 e. The van der Waals surface area contributed by atoms with E-state index in [1.807, 2.05) is 6.20 Å². The molecule has 1 aromatic rings. The van der Waals surface area contributed by atoms with Gasteiger partial charge in [0.15, 0.2) is 0 Å². The highest BCUT2D eigenvalue weighted by Crippen LogP contribution is 2.30. The van der Waals surface area contributed by atoms with Crippen molar-refractivity contribution in [3.05, 3.63) is 40.1 Å². The minimum atomic E-state index is 1.08. The Morgan fingerprint density at radius 1 is 1.31 bits per heavy atom. The zero-order valence-electron chi connectivity index (χ0n) is 10.7. The minimum absolute atomic E-state index is 1.08. The summed E-state index contributed by atoms with van der Waals surface area (Å²) in [5.74, 6) is 0. The summed E-state index contributed by atoms with van der Waals surface area (Å²) >= 11 is 1.80. The van der Waals surface area contributed by atoms with Crippen molar-refractivity contribution < 1.29 is 0 Å². The molecule has 0 saturated carbocycles. The molecule has 1 heterocycles. The maximum absolute atomic E-state index is 4.40. The number of hydrogen-bond acceptors (Lipinski definition) is 2. The highest BCUT2D eigenvalue weighted by atomic mass is 32.2. The molecule has 1 rings (SSSR count). The Morgan fingerprint density at radius 3 is 2.56 bits per heavy atom. The molecular formula is C14H19NS. The first kappa shape index (κ1) is 13.0. The van der Waals surface area contributed by atoms with Crippen LogP contribution >= 0.6 is 11.8 Å². The van der Waals surface area contributed by atoms with Gasteiger partial charge < -0.3 is 0 Å². The van der Waals surface area contributed by atoms with E-state index < -0.39 is 0 Å². The maximum atomic E-state index is 4.40. The number of rotatable bonds is 3. The molecule has 0 atom stereocenters. The topological polar surface area (TPSA) is 12.9 Å². The van der Waals surface area contributed by atoms with Crippen LogP contribution in [0.3, 0.4) is 0 Å². The Hall–Kier alpha value is -1.02. The van der Waals surface area contributed by atoms with Gasteiger partial charge in [-0.1, -0.05) is 23.4 Å². The first-order chi connectivity index (χ1) is 7.54. The SMILES string of the molecule is C/C=C(\C)Sc1ccnc(C=C(C)C)c1C. The first-order valence-electron chi connectivity index (χ1n) is 5.46. The Balaban J connectivity index is 3.09. The Bertz CT molecular complexity index is 426. The fraction of sp³-hybridized carbons (Fsp3) is 0.357. The summed E-state index contributed by atoms with van der Waals surface area (Å²) < 4.78 is 0. The van der Waals surface area contributed by atoms with E-state index in [1.165, 1.54) is 20.9 Å². The van der Waals surface area contributed by atoms with Gasteiger partial charge in [-0.05, 0) is 57.2 Å². The number of allylic oxidation sites excluding steroid dienone is 3. The van der Waals surface area contributed by atoms with E-state index in [0.717, 1.165) is 5.69 Å². The van der Waals surface area contributed by atoms with Gasteiger partial charge in [0.05, 0.1) is 5.69 Å². The highest BCUT2D eigenvalue weighted by Gasteiger charge is 2.04. The molecule has 0 fully saturated rings. The second-order valence-electron chi connectivity index (χ2n) is 4.04. The van der Waals surface area contributed by atoms with E-state index in [9.17, 15) is 0 Å². The molecule has 86 valence electrons. The Labute approximate surface area is 103 Å². The second kappa shape index (κ2) is 5.90. The van der Waals surface area contributed by atoms with Crippen LogP contribution in [0.15, 0.2) is 33.7 Å². The van der Waals surface area contributed by atoms with Crippen LogP contribution in [-0.2, 0) is 0 Å². The van der Waals surface area contributed by atoms with E-state index in [4.69, 9.17) is 0 Å². The van der Waals surface area contributed by atoms with Gasteiger partial charge in [0.1, 0.15) is 0 Å². The van der Waals surface area contributed by atoms with Gasteiger partial charge in [0.25, 0.3) is 0 Å². The van der Waals surface area contributed by atoms with Gasteiger partial charge in [0.2, 0.25) is 0 Å². The number of pyridine rings is 1. The molecular weight excluding hydrogens is 214 g/mol. The fourth-order valence-corrected chi connectivity index (χ4v) is 2.15. The van der Waals surface area contributed by atoms with Gasteiger partial charge in [0, 0.05) is 11.1 Å². The van der Waals surface area contributed by atoms with Crippen LogP contribution in [0.5, 0.6) is 0 Å². The van der Waals surface area contributed by atoms with Gasteiger partial charge in [-0.2, -0.15) is 0 Å². The standard InChI is InChI=1S/C14H19NS/c1-6-11(4)16-14-7-8-15-13(12(14)5)9-10(2)3/h6-9H,1-5H3/b11-6+.